The molecule has 110 valence electrons. The summed E-state index contributed by atoms with van der Waals surface area (Å²) in [4.78, 5) is 5.27. The van der Waals surface area contributed by atoms with E-state index in [1.54, 1.807) is 0 Å². The summed E-state index contributed by atoms with van der Waals surface area (Å²) in [5.41, 5.74) is 2.82. The maximum atomic E-state index is 3.63. The van der Waals surface area contributed by atoms with Gasteiger partial charge in [-0.1, -0.05) is 25.1 Å². The van der Waals surface area contributed by atoms with Crippen LogP contribution in [0.5, 0.6) is 0 Å². The van der Waals surface area contributed by atoms with Crippen molar-refractivity contribution in [2.75, 3.05) is 38.5 Å². The quantitative estimate of drug-likeness (QED) is 0.893. The predicted octanol–water partition coefficient (Wildman–Crippen LogP) is 2.44. The third-order valence-corrected chi connectivity index (χ3v) is 4.89. The van der Waals surface area contributed by atoms with E-state index >= 15 is 0 Å². The minimum atomic E-state index is 0.654. The average molecular weight is 273 g/mol. The Morgan fingerprint density at radius 1 is 1.25 bits per heavy atom. The van der Waals surface area contributed by atoms with Crippen molar-refractivity contribution in [3.05, 3.63) is 29.8 Å². The minimum absolute atomic E-state index is 0.654. The molecule has 1 fully saturated rings. The van der Waals surface area contributed by atoms with E-state index in [0.29, 0.717) is 12.1 Å². The molecule has 3 rings (SSSR count). The Hall–Kier alpha value is -1.06. The van der Waals surface area contributed by atoms with Crippen molar-refractivity contribution in [3.63, 3.8) is 0 Å². The molecule has 2 aliphatic heterocycles. The van der Waals surface area contributed by atoms with Gasteiger partial charge in [-0.25, -0.2) is 0 Å². The van der Waals surface area contributed by atoms with Crippen molar-refractivity contribution in [1.82, 2.24) is 9.80 Å². The second-order valence-electron chi connectivity index (χ2n) is 6.31. The van der Waals surface area contributed by atoms with Crippen LogP contribution >= 0.6 is 0 Å². The average Bonchev–Trinajstić information content (AvgIpc) is 2.68. The molecule has 0 spiro atoms. The molecular formula is C17H27N3. The number of likely N-dealkylation sites (N-methyl/N-ethyl adjacent to an activating group) is 1. The van der Waals surface area contributed by atoms with Crippen molar-refractivity contribution in [2.24, 2.45) is 0 Å². The fraction of sp³-hybridized carbons (Fsp3) is 0.647. The van der Waals surface area contributed by atoms with Crippen molar-refractivity contribution >= 4 is 5.69 Å². The number of hydrogen-bond acceptors (Lipinski definition) is 3. The van der Waals surface area contributed by atoms with Crippen LogP contribution in [0, 0.1) is 0 Å². The van der Waals surface area contributed by atoms with E-state index < -0.39 is 0 Å². The number of benzene rings is 1. The first-order valence-electron chi connectivity index (χ1n) is 8.04. The Morgan fingerprint density at radius 2 is 2.10 bits per heavy atom. The third-order valence-electron chi connectivity index (χ3n) is 4.89. The van der Waals surface area contributed by atoms with Gasteiger partial charge in [0.05, 0.1) is 0 Å². The van der Waals surface area contributed by atoms with Gasteiger partial charge in [0.2, 0.25) is 0 Å². The van der Waals surface area contributed by atoms with Gasteiger partial charge < -0.3 is 10.2 Å². The molecule has 1 aromatic carbocycles. The highest BCUT2D eigenvalue weighted by atomic mass is 15.3. The number of nitrogens with one attached hydrogen (secondary N) is 1. The van der Waals surface area contributed by atoms with E-state index in [0.717, 1.165) is 6.54 Å². The number of anilines is 1. The van der Waals surface area contributed by atoms with Crippen molar-refractivity contribution < 1.29 is 0 Å². The van der Waals surface area contributed by atoms with Crippen LogP contribution < -0.4 is 5.32 Å². The van der Waals surface area contributed by atoms with E-state index in [4.69, 9.17) is 0 Å². The zero-order valence-corrected chi connectivity index (χ0v) is 12.8. The molecule has 1 aromatic rings. The monoisotopic (exact) mass is 273 g/mol. The Morgan fingerprint density at radius 3 is 2.95 bits per heavy atom. The first-order chi connectivity index (χ1) is 9.78. The molecule has 20 heavy (non-hydrogen) atoms. The number of rotatable bonds is 2. The van der Waals surface area contributed by atoms with Gasteiger partial charge in [-0.3, -0.25) is 4.90 Å². The molecule has 0 bridgehead atoms. The lowest BCUT2D eigenvalue weighted by Gasteiger charge is -2.40. The van der Waals surface area contributed by atoms with E-state index in [1.165, 1.54) is 50.1 Å². The Bertz CT molecular complexity index is 446. The summed E-state index contributed by atoms with van der Waals surface area (Å²) in [5, 5.41) is 3.63. The second kappa shape index (κ2) is 6.15. The Balaban J connectivity index is 1.75. The number of nitrogens with zero attached hydrogens (tertiary/aromatic N) is 2. The molecule has 1 saturated heterocycles. The van der Waals surface area contributed by atoms with Crippen LogP contribution in [-0.4, -0.2) is 55.1 Å². The largest absolute Gasteiger partial charge is 0.383 e. The summed E-state index contributed by atoms with van der Waals surface area (Å²) in [5.74, 6) is 0. The number of fused-ring (bicyclic) bond motifs is 1. The maximum Gasteiger partial charge on any atom is 0.0373 e. The minimum Gasteiger partial charge on any atom is -0.383 e. The van der Waals surface area contributed by atoms with Crippen LogP contribution in [0.4, 0.5) is 5.69 Å². The highest BCUT2D eigenvalue weighted by Gasteiger charge is 2.30. The normalized spacial score (nSPS) is 28.5. The topological polar surface area (TPSA) is 18.5 Å². The van der Waals surface area contributed by atoms with Crippen molar-refractivity contribution in [3.8, 4) is 0 Å². The van der Waals surface area contributed by atoms with E-state index in [1.807, 2.05) is 0 Å². The predicted molar refractivity (Wildman–Crippen MR) is 85.3 cm³/mol. The van der Waals surface area contributed by atoms with E-state index in [9.17, 15) is 0 Å². The lowest BCUT2D eigenvalue weighted by molar-refractivity contribution is 0.131. The molecule has 0 aromatic heterocycles. The summed E-state index contributed by atoms with van der Waals surface area (Å²) in [6.45, 7) is 7.13. The van der Waals surface area contributed by atoms with Crippen LogP contribution in [0.2, 0.25) is 0 Å². The first kappa shape index (κ1) is 13.9. The Labute approximate surface area is 123 Å². The fourth-order valence-corrected chi connectivity index (χ4v) is 3.77. The molecule has 2 atom stereocenters. The molecule has 3 nitrogen and oxygen atoms in total. The van der Waals surface area contributed by atoms with Gasteiger partial charge in [0.15, 0.2) is 0 Å². The fourth-order valence-electron chi connectivity index (χ4n) is 3.77. The highest BCUT2D eigenvalue weighted by Crippen LogP contribution is 2.26. The molecular weight excluding hydrogens is 246 g/mol. The van der Waals surface area contributed by atoms with Gasteiger partial charge in [0.1, 0.15) is 0 Å². The molecule has 0 radical (unpaired) electrons. The standard InChI is InChI=1S/C17H27N3/c1-3-15-13-19(2)9-6-10-20(15)16-11-14-7-4-5-8-17(14)18-12-16/h4-5,7-8,15-16,18H,3,6,9-13H2,1-2H3. The molecule has 0 aliphatic carbocycles. The zero-order chi connectivity index (χ0) is 13.9. The van der Waals surface area contributed by atoms with Crippen molar-refractivity contribution in [2.45, 2.75) is 38.3 Å². The van der Waals surface area contributed by atoms with E-state index in [2.05, 4.69) is 53.4 Å². The summed E-state index contributed by atoms with van der Waals surface area (Å²) < 4.78 is 0. The highest BCUT2D eigenvalue weighted by molar-refractivity contribution is 5.53. The summed E-state index contributed by atoms with van der Waals surface area (Å²) in [6, 6.07) is 10.1. The van der Waals surface area contributed by atoms with Gasteiger partial charge in [0, 0.05) is 37.4 Å². The summed E-state index contributed by atoms with van der Waals surface area (Å²) in [6.07, 6.45) is 3.75. The molecule has 3 heteroatoms. The van der Waals surface area contributed by atoms with E-state index in [-0.39, 0.29) is 0 Å². The maximum absolute atomic E-state index is 3.63. The molecule has 0 amide bonds. The third kappa shape index (κ3) is 2.84. The smallest absolute Gasteiger partial charge is 0.0373 e. The molecule has 2 unspecified atom stereocenters. The lowest BCUT2D eigenvalue weighted by atomic mass is 9.96. The number of para-hydroxylation sites is 1. The SMILES string of the molecule is CCC1CN(C)CCCN1C1CNc2ccccc2C1. The van der Waals surface area contributed by atoms with Gasteiger partial charge in [-0.2, -0.15) is 0 Å². The Kier molecular flexibility index (Phi) is 4.27. The van der Waals surface area contributed by atoms with Crippen LogP contribution in [0.25, 0.3) is 0 Å². The van der Waals surface area contributed by atoms with Crippen LogP contribution in [0.1, 0.15) is 25.3 Å². The lowest BCUT2D eigenvalue weighted by Crippen LogP contribution is -2.50. The van der Waals surface area contributed by atoms with Gasteiger partial charge in [0.25, 0.3) is 0 Å². The summed E-state index contributed by atoms with van der Waals surface area (Å²) >= 11 is 0. The molecule has 0 saturated carbocycles. The van der Waals surface area contributed by atoms with Gasteiger partial charge in [-0.15, -0.1) is 0 Å². The van der Waals surface area contributed by atoms with Crippen LogP contribution in [0.3, 0.4) is 0 Å². The number of hydrogen-bond donors (Lipinski definition) is 1. The summed E-state index contributed by atoms with van der Waals surface area (Å²) in [7, 11) is 2.26. The zero-order valence-electron chi connectivity index (χ0n) is 12.8. The van der Waals surface area contributed by atoms with Crippen LogP contribution in [-0.2, 0) is 6.42 Å². The van der Waals surface area contributed by atoms with Gasteiger partial charge in [-0.05, 0) is 44.5 Å². The second-order valence-corrected chi connectivity index (χ2v) is 6.31. The van der Waals surface area contributed by atoms with Crippen molar-refractivity contribution in [1.29, 1.82) is 0 Å². The first-order valence-corrected chi connectivity index (χ1v) is 8.04. The van der Waals surface area contributed by atoms with Gasteiger partial charge >= 0.3 is 0 Å². The molecule has 2 heterocycles. The van der Waals surface area contributed by atoms with Crippen LogP contribution in [0.15, 0.2) is 24.3 Å². The molecule has 2 aliphatic rings. The molecule has 1 N–H and O–H groups in total.